The first-order chi connectivity index (χ1) is 10.2. The summed E-state index contributed by atoms with van der Waals surface area (Å²) in [6, 6.07) is 6.46. The number of aryl methyl sites for hydroxylation is 1. The fourth-order valence-corrected chi connectivity index (χ4v) is 3.03. The Hall–Kier alpha value is -2.22. The molecular weight excluding hydrogens is 262 g/mol. The van der Waals surface area contributed by atoms with Gasteiger partial charge in [-0.1, -0.05) is 6.92 Å². The van der Waals surface area contributed by atoms with Gasteiger partial charge in [0.25, 0.3) is 0 Å². The summed E-state index contributed by atoms with van der Waals surface area (Å²) in [5.74, 6) is 0.858. The van der Waals surface area contributed by atoms with Crippen LogP contribution in [0.5, 0.6) is 0 Å². The molecule has 5 nitrogen and oxygen atoms in total. The SMILES string of the molecule is CCC1(C#N)CCCN(c2ncnc3ccc(C)nc23)C1. The van der Waals surface area contributed by atoms with Gasteiger partial charge < -0.3 is 4.90 Å². The van der Waals surface area contributed by atoms with E-state index in [1.165, 1.54) is 0 Å². The highest BCUT2D eigenvalue weighted by atomic mass is 15.2. The number of nitriles is 1. The number of hydrogen-bond acceptors (Lipinski definition) is 5. The zero-order valence-corrected chi connectivity index (χ0v) is 12.5. The fourth-order valence-electron chi connectivity index (χ4n) is 3.03. The molecule has 21 heavy (non-hydrogen) atoms. The van der Waals surface area contributed by atoms with Crippen molar-refractivity contribution in [3.63, 3.8) is 0 Å². The van der Waals surface area contributed by atoms with Gasteiger partial charge in [-0.15, -0.1) is 0 Å². The van der Waals surface area contributed by atoms with Crippen LogP contribution in [0.3, 0.4) is 0 Å². The summed E-state index contributed by atoms with van der Waals surface area (Å²) < 4.78 is 0. The summed E-state index contributed by atoms with van der Waals surface area (Å²) in [5.41, 5.74) is 2.38. The summed E-state index contributed by atoms with van der Waals surface area (Å²) in [4.78, 5) is 15.5. The molecule has 0 amide bonds. The van der Waals surface area contributed by atoms with E-state index in [1.54, 1.807) is 6.33 Å². The van der Waals surface area contributed by atoms with Gasteiger partial charge in [0.2, 0.25) is 0 Å². The maximum Gasteiger partial charge on any atom is 0.158 e. The number of fused-ring (bicyclic) bond motifs is 1. The molecule has 5 heteroatoms. The highest BCUT2D eigenvalue weighted by Crippen LogP contribution is 2.35. The largest absolute Gasteiger partial charge is 0.353 e. The van der Waals surface area contributed by atoms with E-state index in [0.29, 0.717) is 0 Å². The lowest BCUT2D eigenvalue weighted by molar-refractivity contribution is 0.306. The molecule has 2 aromatic heterocycles. The van der Waals surface area contributed by atoms with Crippen molar-refractivity contribution < 1.29 is 0 Å². The van der Waals surface area contributed by atoms with Crippen molar-refractivity contribution in [2.45, 2.75) is 33.1 Å². The molecule has 1 saturated heterocycles. The molecule has 108 valence electrons. The molecule has 0 spiro atoms. The van der Waals surface area contributed by atoms with Gasteiger partial charge in [-0.2, -0.15) is 5.26 Å². The van der Waals surface area contributed by atoms with Crippen molar-refractivity contribution in [3.05, 3.63) is 24.2 Å². The summed E-state index contributed by atoms with van der Waals surface area (Å²) >= 11 is 0. The minimum atomic E-state index is -0.265. The van der Waals surface area contributed by atoms with E-state index < -0.39 is 0 Å². The molecule has 1 aliphatic rings. The van der Waals surface area contributed by atoms with Crippen LogP contribution in [-0.2, 0) is 0 Å². The first kappa shape index (κ1) is 13.7. The Balaban J connectivity index is 2.04. The molecule has 0 aromatic carbocycles. The van der Waals surface area contributed by atoms with Gasteiger partial charge in [0.05, 0.1) is 17.0 Å². The van der Waals surface area contributed by atoms with Crippen molar-refractivity contribution in [2.75, 3.05) is 18.0 Å². The lowest BCUT2D eigenvalue weighted by atomic mass is 9.79. The molecule has 0 N–H and O–H groups in total. The van der Waals surface area contributed by atoms with E-state index in [4.69, 9.17) is 0 Å². The third kappa shape index (κ3) is 2.42. The van der Waals surface area contributed by atoms with Gasteiger partial charge in [0, 0.05) is 18.8 Å². The number of hydrogen-bond donors (Lipinski definition) is 0. The molecule has 2 aromatic rings. The predicted molar refractivity (Wildman–Crippen MR) is 81.9 cm³/mol. The average Bonchev–Trinajstić information content (AvgIpc) is 2.54. The zero-order valence-electron chi connectivity index (χ0n) is 12.5. The van der Waals surface area contributed by atoms with Crippen LogP contribution in [0.25, 0.3) is 11.0 Å². The molecule has 0 saturated carbocycles. The fraction of sp³-hybridized carbons (Fsp3) is 0.500. The Morgan fingerprint density at radius 2 is 2.24 bits per heavy atom. The number of pyridine rings is 1. The van der Waals surface area contributed by atoms with E-state index in [1.807, 2.05) is 19.1 Å². The summed E-state index contributed by atoms with van der Waals surface area (Å²) in [6.45, 7) is 5.71. The highest BCUT2D eigenvalue weighted by Gasteiger charge is 2.35. The monoisotopic (exact) mass is 281 g/mol. The smallest absolute Gasteiger partial charge is 0.158 e. The minimum Gasteiger partial charge on any atom is -0.353 e. The molecule has 1 atom stereocenters. The second-order valence-electron chi connectivity index (χ2n) is 5.79. The molecular formula is C16H19N5. The Kier molecular flexibility index (Phi) is 3.46. The van der Waals surface area contributed by atoms with Gasteiger partial charge in [-0.25, -0.2) is 15.0 Å². The number of anilines is 1. The first-order valence-corrected chi connectivity index (χ1v) is 7.42. The van der Waals surface area contributed by atoms with Crippen LogP contribution in [0.4, 0.5) is 5.82 Å². The maximum atomic E-state index is 9.54. The lowest BCUT2D eigenvalue weighted by Gasteiger charge is -2.38. The third-order valence-electron chi connectivity index (χ3n) is 4.39. The van der Waals surface area contributed by atoms with E-state index in [2.05, 4.69) is 32.8 Å². The first-order valence-electron chi connectivity index (χ1n) is 7.42. The third-order valence-corrected chi connectivity index (χ3v) is 4.39. The Morgan fingerprint density at radius 1 is 1.38 bits per heavy atom. The van der Waals surface area contributed by atoms with Crippen molar-refractivity contribution in [1.82, 2.24) is 15.0 Å². The normalized spacial score (nSPS) is 22.2. The van der Waals surface area contributed by atoms with Crippen LogP contribution >= 0.6 is 0 Å². The van der Waals surface area contributed by atoms with E-state index in [9.17, 15) is 5.26 Å². The summed E-state index contributed by atoms with van der Waals surface area (Å²) in [7, 11) is 0. The van der Waals surface area contributed by atoms with Gasteiger partial charge in [0.1, 0.15) is 11.8 Å². The Labute approximate surface area is 124 Å². The van der Waals surface area contributed by atoms with Crippen LogP contribution in [0.15, 0.2) is 18.5 Å². The molecule has 3 heterocycles. The van der Waals surface area contributed by atoms with Gasteiger partial charge >= 0.3 is 0 Å². The number of nitrogens with zero attached hydrogens (tertiary/aromatic N) is 5. The van der Waals surface area contributed by atoms with Crippen LogP contribution in [0.2, 0.25) is 0 Å². The van der Waals surface area contributed by atoms with E-state index >= 15 is 0 Å². The molecule has 0 aliphatic carbocycles. The minimum absolute atomic E-state index is 0.265. The van der Waals surface area contributed by atoms with Crippen LogP contribution < -0.4 is 4.90 Å². The summed E-state index contributed by atoms with van der Waals surface area (Å²) in [6.07, 6.45) is 4.43. The lowest BCUT2D eigenvalue weighted by Crippen LogP contribution is -2.42. The summed E-state index contributed by atoms with van der Waals surface area (Å²) in [5, 5.41) is 9.54. The zero-order chi connectivity index (χ0) is 14.9. The maximum absolute atomic E-state index is 9.54. The number of aromatic nitrogens is 3. The highest BCUT2D eigenvalue weighted by molar-refractivity contribution is 5.85. The van der Waals surface area contributed by atoms with Gasteiger partial charge in [-0.3, -0.25) is 0 Å². The molecule has 1 unspecified atom stereocenters. The van der Waals surface area contributed by atoms with Crippen LogP contribution in [-0.4, -0.2) is 28.0 Å². The second-order valence-corrected chi connectivity index (χ2v) is 5.79. The molecule has 0 radical (unpaired) electrons. The standard InChI is InChI=1S/C16H19N5/c1-3-16(9-17)7-4-8-21(10-16)15-14-13(18-11-19-15)6-5-12(2)20-14/h5-6,11H,3-4,7-8,10H2,1-2H3. The topological polar surface area (TPSA) is 65.7 Å². The molecule has 3 rings (SSSR count). The number of rotatable bonds is 2. The van der Waals surface area contributed by atoms with Crippen LogP contribution in [0.1, 0.15) is 31.9 Å². The van der Waals surface area contributed by atoms with Crippen molar-refractivity contribution >= 4 is 16.9 Å². The Morgan fingerprint density at radius 3 is 3.00 bits per heavy atom. The molecule has 0 bridgehead atoms. The molecule has 1 fully saturated rings. The Bertz CT molecular complexity index is 705. The molecule has 1 aliphatic heterocycles. The van der Waals surface area contributed by atoms with E-state index in [0.717, 1.165) is 54.9 Å². The van der Waals surface area contributed by atoms with Crippen molar-refractivity contribution in [3.8, 4) is 6.07 Å². The van der Waals surface area contributed by atoms with Gasteiger partial charge in [-0.05, 0) is 38.3 Å². The second kappa shape index (κ2) is 5.28. The van der Waals surface area contributed by atoms with Crippen molar-refractivity contribution in [1.29, 1.82) is 5.26 Å². The van der Waals surface area contributed by atoms with Gasteiger partial charge in [0.15, 0.2) is 5.82 Å². The quantitative estimate of drug-likeness (QED) is 0.846. The van der Waals surface area contributed by atoms with Crippen molar-refractivity contribution in [2.24, 2.45) is 5.41 Å². The van der Waals surface area contributed by atoms with E-state index in [-0.39, 0.29) is 5.41 Å². The number of piperidine rings is 1. The predicted octanol–water partition coefficient (Wildman–Crippen LogP) is 2.85. The average molecular weight is 281 g/mol. The van der Waals surface area contributed by atoms with Crippen LogP contribution in [0, 0.1) is 23.7 Å².